The van der Waals surface area contributed by atoms with Crippen LogP contribution in [0.25, 0.3) is 0 Å². The van der Waals surface area contributed by atoms with Crippen molar-refractivity contribution in [2.75, 3.05) is 39.8 Å². The molecule has 3 amide bonds. The van der Waals surface area contributed by atoms with Crippen LogP contribution in [0.5, 0.6) is 0 Å². The summed E-state index contributed by atoms with van der Waals surface area (Å²) in [5.74, 6) is 0.748. The van der Waals surface area contributed by atoms with E-state index in [-0.39, 0.29) is 17.5 Å². The summed E-state index contributed by atoms with van der Waals surface area (Å²) >= 11 is 0. The SMILES string of the molecule is CN1CCC(CC(=O)N2CC3(CNC(=O)N3)C2)C1. The van der Waals surface area contributed by atoms with Crippen molar-refractivity contribution in [2.45, 2.75) is 18.4 Å². The van der Waals surface area contributed by atoms with Crippen LogP contribution in [0.15, 0.2) is 0 Å². The second-order valence-corrected chi connectivity index (χ2v) is 5.96. The second-order valence-electron chi connectivity index (χ2n) is 5.96. The minimum absolute atomic E-state index is 0.112. The fourth-order valence-electron chi connectivity index (χ4n) is 3.20. The minimum atomic E-state index is -0.181. The van der Waals surface area contributed by atoms with Crippen LogP contribution in [0.3, 0.4) is 0 Å². The average Bonchev–Trinajstić information content (AvgIpc) is 2.83. The Kier molecular flexibility index (Phi) is 2.69. The van der Waals surface area contributed by atoms with Gasteiger partial charge in [0, 0.05) is 32.6 Å². The fraction of sp³-hybridized carbons (Fsp3) is 0.833. The molecule has 18 heavy (non-hydrogen) atoms. The third-order valence-electron chi connectivity index (χ3n) is 4.26. The molecule has 0 aromatic rings. The van der Waals surface area contributed by atoms with E-state index in [9.17, 15) is 9.59 Å². The molecule has 1 atom stereocenters. The molecule has 6 nitrogen and oxygen atoms in total. The van der Waals surface area contributed by atoms with Gasteiger partial charge in [-0.2, -0.15) is 0 Å². The molecule has 1 unspecified atom stereocenters. The lowest BCUT2D eigenvalue weighted by molar-refractivity contribution is -0.139. The van der Waals surface area contributed by atoms with Crippen LogP contribution in [0.4, 0.5) is 4.79 Å². The number of carbonyl (C=O) groups is 2. The maximum atomic E-state index is 12.1. The molecule has 0 aromatic carbocycles. The highest BCUT2D eigenvalue weighted by Gasteiger charge is 2.49. The van der Waals surface area contributed by atoms with Gasteiger partial charge in [0.25, 0.3) is 0 Å². The van der Waals surface area contributed by atoms with E-state index in [0.29, 0.717) is 32.0 Å². The standard InChI is InChI=1S/C12H20N4O2/c1-15-3-2-9(5-15)4-10(17)16-7-12(8-16)6-13-11(18)14-12/h9H,2-8H2,1H3,(H2,13,14,18). The summed E-state index contributed by atoms with van der Waals surface area (Å²) in [6.45, 7) is 4.09. The number of amides is 3. The zero-order valence-electron chi connectivity index (χ0n) is 10.7. The van der Waals surface area contributed by atoms with E-state index in [1.165, 1.54) is 0 Å². The summed E-state index contributed by atoms with van der Waals surface area (Å²) in [4.78, 5) is 27.3. The van der Waals surface area contributed by atoms with E-state index in [0.717, 1.165) is 19.5 Å². The highest BCUT2D eigenvalue weighted by atomic mass is 16.2. The highest BCUT2D eigenvalue weighted by Crippen LogP contribution is 2.26. The maximum Gasteiger partial charge on any atom is 0.315 e. The Morgan fingerprint density at radius 2 is 2.28 bits per heavy atom. The predicted octanol–water partition coefficient (Wildman–Crippen LogP) is -0.778. The second kappa shape index (κ2) is 4.12. The number of hydrogen-bond donors (Lipinski definition) is 2. The van der Waals surface area contributed by atoms with Crippen molar-refractivity contribution in [1.29, 1.82) is 0 Å². The van der Waals surface area contributed by atoms with E-state index in [2.05, 4.69) is 22.6 Å². The highest BCUT2D eigenvalue weighted by molar-refractivity contribution is 5.81. The molecule has 3 fully saturated rings. The summed E-state index contributed by atoms with van der Waals surface area (Å²) in [5.41, 5.74) is -0.181. The first-order valence-electron chi connectivity index (χ1n) is 6.59. The first-order chi connectivity index (χ1) is 8.56. The van der Waals surface area contributed by atoms with Gasteiger partial charge in [0.15, 0.2) is 0 Å². The summed E-state index contributed by atoms with van der Waals surface area (Å²) < 4.78 is 0. The number of urea groups is 1. The van der Waals surface area contributed by atoms with Gasteiger partial charge in [-0.15, -0.1) is 0 Å². The minimum Gasteiger partial charge on any atom is -0.338 e. The third kappa shape index (κ3) is 2.05. The Labute approximate surface area is 107 Å². The van der Waals surface area contributed by atoms with Crippen LogP contribution in [0.2, 0.25) is 0 Å². The summed E-state index contributed by atoms with van der Waals surface area (Å²) in [6, 6.07) is -0.112. The van der Waals surface area contributed by atoms with Gasteiger partial charge in [-0.3, -0.25) is 4.79 Å². The van der Waals surface area contributed by atoms with E-state index in [4.69, 9.17) is 0 Å². The van der Waals surface area contributed by atoms with Crippen LogP contribution in [0, 0.1) is 5.92 Å². The first-order valence-corrected chi connectivity index (χ1v) is 6.59. The molecule has 3 saturated heterocycles. The van der Waals surface area contributed by atoms with Crippen LogP contribution in [-0.2, 0) is 4.79 Å². The quantitative estimate of drug-likeness (QED) is 0.678. The molecule has 0 radical (unpaired) electrons. The number of nitrogens with one attached hydrogen (secondary N) is 2. The molecule has 2 N–H and O–H groups in total. The maximum absolute atomic E-state index is 12.1. The molecule has 3 rings (SSSR count). The van der Waals surface area contributed by atoms with Gasteiger partial charge >= 0.3 is 6.03 Å². The lowest BCUT2D eigenvalue weighted by Gasteiger charge is -2.47. The molecule has 6 heteroatoms. The first kappa shape index (κ1) is 11.8. The molecule has 1 spiro atoms. The van der Waals surface area contributed by atoms with Crippen molar-refractivity contribution >= 4 is 11.9 Å². The van der Waals surface area contributed by atoms with Crippen LogP contribution < -0.4 is 10.6 Å². The number of likely N-dealkylation sites (tertiary alicyclic amines) is 2. The predicted molar refractivity (Wildman–Crippen MR) is 66.1 cm³/mol. The largest absolute Gasteiger partial charge is 0.338 e. The average molecular weight is 252 g/mol. The summed E-state index contributed by atoms with van der Waals surface area (Å²) in [7, 11) is 2.10. The molecule has 3 aliphatic heterocycles. The summed E-state index contributed by atoms with van der Waals surface area (Å²) in [5, 5.41) is 5.66. The van der Waals surface area contributed by atoms with Crippen molar-refractivity contribution < 1.29 is 9.59 Å². The van der Waals surface area contributed by atoms with Crippen molar-refractivity contribution in [3.05, 3.63) is 0 Å². The molecule has 0 bridgehead atoms. The molecule has 0 aliphatic carbocycles. The molecule has 100 valence electrons. The molecule has 0 aromatic heterocycles. The fourth-order valence-corrected chi connectivity index (χ4v) is 3.20. The molecule has 3 heterocycles. The Bertz CT molecular complexity index is 378. The third-order valence-corrected chi connectivity index (χ3v) is 4.26. The Morgan fingerprint density at radius 1 is 1.50 bits per heavy atom. The topological polar surface area (TPSA) is 64.7 Å². The van der Waals surface area contributed by atoms with Gasteiger partial charge < -0.3 is 20.4 Å². The van der Waals surface area contributed by atoms with Crippen molar-refractivity contribution in [3.8, 4) is 0 Å². The van der Waals surface area contributed by atoms with E-state index < -0.39 is 0 Å². The number of hydrogen-bond acceptors (Lipinski definition) is 3. The molecular weight excluding hydrogens is 232 g/mol. The van der Waals surface area contributed by atoms with Crippen LogP contribution >= 0.6 is 0 Å². The van der Waals surface area contributed by atoms with E-state index >= 15 is 0 Å². The Balaban J connectivity index is 1.47. The van der Waals surface area contributed by atoms with Crippen molar-refractivity contribution in [1.82, 2.24) is 20.4 Å². The zero-order chi connectivity index (χ0) is 12.8. The lowest BCUT2D eigenvalue weighted by atomic mass is 9.90. The lowest BCUT2D eigenvalue weighted by Crippen LogP contribution is -2.70. The number of rotatable bonds is 2. The van der Waals surface area contributed by atoms with Crippen LogP contribution in [0.1, 0.15) is 12.8 Å². The molecule has 0 saturated carbocycles. The van der Waals surface area contributed by atoms with E-state index in [1.807, 2.05) is 4.90 Å². The van der Waals surface area contributed by atoms with Gasteiger partial charge in [-0.05, 0) is 25.9 Å². The smallest absolute Gasteiger partial charge is 0.315 e. The van der Waals surface area contributed by atoms with Gasteiger partial charge in [0.1, 0.15) is 0 Å². The van der Waals surface area contributed by atoms with Gasteiger partial charge in [0.05, 0.1) is 5.54 Å². The van der Waals surface area contributed by atoms with E-state index in [1.54, 1.807) is 0 Å². The van der Waals surface area contributed by atoms with Gasteiger partial charge in [0.2, 0.25) is 5.91 Å². The Morgan fingerprint density at radius 3 is 2.83 bits per heavy atom. The number of nitrogens with zero attached hydrogens (tertiary/aromatic N) is 2. The van der Waals surface area contributed by atoms with Crippen molar-refractivity contribution in [3.63, 3.8) is 0 Å². The van der Waals surface area contributed by atoms with Crippen LogP contribution in [-0.4, -0.2) is 67.0 Å². The monoisotopic (exact) mass is 252 g/mol. The molecule has 3 aliphatic rings. The van der Waals surface area contributed by atoms with Gasteiger partial charge in [-0.25, -0.2) is 4.79 Å². The number of carbonyl (C=O) groups excluding carboxylic acids is 2. The normalized spacial score (nSPS) is 30.2. The Hall–Kier alpha value is -1.30. The van der Waals surface area contributed by atoms with Gasteiger partial charge in [-0.1, -0.05) is 0 Å². The zero-order valence-corrected chi connectivity index (χ0v) is 10.7. The van der Waals surface area contributed by atoms with Crippen molar-refractivity contribution in [2.24, 2.45) is 5.92 Å². The molecular formula is C12H20N4O2. The summed E-state index contributed by atoms with van der Waals surface area (Å²) in [6.07, 6.45) is 1.78.